The van der Waals surface area contributed by atoms with Crippen molar-refractivity contribution in [2.24, 2.45) is 17.8 Å². The summed E-state index contributed by atoms with van der Waals surface area (Å²) < 4.78 is 6.23. The summed E-state index contributed by atoms with van der Waals surface area (Å²) in [5, 5.41) is 0. The summed E-state index contributed by atoms with van der Waals surface area (Å²) in [6.07, 6.45) is 3.81. The summed E-state index contributed by atoms with van der Waals surface area (Å²) in [6, 6.07) is 6.41. The molecule has 2 unspecified atom stereocenters. The molecule has 4 heterocycles. The Balaban J connectivity index is 1.20. The molecule has 0 N–H and O–H groups in total. The van der Waals surface area contributed by atoms with E-state index < -0.39 is 0 Å². The lowest BCUT2D eigenvalue weighted by molar-refractivity contribution is -0.140. The molecule has 3 fully saturated rings. The standard InChI is InChI=1S/C37H51IN6O4/c1-7-48-37(47)34(24(2)3)42-15-11-28(12-16-42)35(45)44(32-10-9-25(4)29(17-32)18-38)14-8-13-41-19-30-21-43(22-31(30)20-41)36(46)33-26(5)39-23-40-27(33)6/h9-10,17,23,28,30-31H,7-8,11-16,18-22H2,1-6H3. The highest BCUT2D eigenvalue weighted by Crippen LogP contribution is 2.33. The number of amides is 2. The first-order valence-electron chi connectivity index (χ1n) is 17.4. The highest BCUT2D eigenvalue weighted by Gasteiger charge is 2.42. The number of rotatable bonds is 11. The van der Waals surface area contributed by atoms with E-state index in [2.05, 4.69) is 67.5 Å². The molecule has 0 bridgehead atoms. The van der Waals surface area contributed by atoms with Crippen LogP contribution in [0.4, 0.5) is 5.69 Å². The fourth-order valence-corrected chi connectivity index (χ4v) is 8.53. The van der Waals surface area contributed by atoms with E-state index in [1.54, 1.807) is 0 Å². The van der Waals surface area contributed by atoms with Gasteiger partial charge in [0.15, 0.2) is 0 Å². The van der Waals surface area contributed by atoms with Gasteiger partial charge in [-0.25, -0.2) is 14.8 Å². The maximum absolute atomic E-state index is 14.2. The summed E-state index contributed by atoms with van der Waals surface area (Å²) in [7, 11) is 0. The molecule has 1 aromatic heterocycles. The molecule has 0 radical (unpaired) electrons. The number of halogens is 1. The third-order valence-electron chi connectivity index (χ3n) is 10.3. The van der Waals surface area contributed by atoms with Gasteiger partial charge in [0.1, 0.15) is 12.0 Å². The number of carbonyl (C=O) groups is 3. The van der Waals surface area contributed by atoms with Crippen LogP contribution >= 0.6 is 22.6 Å². The third kappa shape index (κ3) is 8.04. The molecule has 2 amide bonds. The highest BCUT2D eigenvalue weighted by atomic mass is 127. The average Bonchev–Trinajstić information content (AvgIpc) is 3.63. The number of esters is 1. The zero-order valence-corrected chi connectivity index (χ0v) is 31.6. The Hall–Kier alpha value is -3.06. The number of alkyl halides is 1. The first-order valence-corrected chi connectivity index (χ1v) is 18.9. The van der Waals surface area contributed by atoms with Gasteiger partial charge in [-0.1, -0.05) is 28.7 Å². The van der Waals surface area contributed by atoms with Crippen LogP contribution in [0.2, 0.25) is 0 Å². The minimum Gasteiger partial charge on any atom is -0.461 e. The van der Waals surface area contributed by atoms with Crippen LogP contribution in [0.1, 0.15) is 72.9 Å². The summed E-state index contributed by atoms with van der Waals surface area (Å²) >= 11 is 2.39. The molecule has 3 saturated heterocycles. The van der Waals surface area contributed by atoms with Crippen LogP contribution in [0.15, 0.2) is 35.8 Å². The van der Waals surface area contributed by atoms with Gasteiger partial charge in [-0.05, 0) is 108 Å². The molecular weight excluding hydrogens is 719 g/mol. The molecule has 0 saturated carbocycles. The summed E-state index contributed by atoms with van der Waals surface area (Å²) in [4.78, 5) is 57.4. The second-order valence-electron chi connectivity index (χ2n) is 13.8. The monoisotopic (exact) mass is 770 g/mol. The number of likely N-dealkylation sites (tertiary alicyclic amines) is 3. The molecule has 48 heavy (non-hydrogen) atoms. The van der Waals surface area contributed by atoms with E-state index in [0.717, 1.165) is 66.2 Å². The van der Waals surface area contributed by atoms with Gasteiger partial charge in [-0.3, -0.25) is 9.59 Å². The topological polar surface area (TPSA) is 99.2 Å². The van der Waals surface area contributed by atoms with Gasteiger partial charge in [0, 0.05) is 61.8 Å². The van der Waals surface area contributed by atoms with E-state index in [9.17, 15) is 14.4 Å². The number of anilines is 1. The van der Waals surface area contributed by atoms with Gasteiger partial charge in [0.25, 0.3) is 5.91 Å². The highest BCUT2D eigenvalue weighted by molar-refractivity contribution is 14.1. The van der Waals surface area contributed by atoms with Crippen molar-refractivity contribution in [1.29, 1.82) is 0 Å². The third-order valence-corrected chi connectivity index (χ3v) is 11.1. The molecule has 3 aliphatic heterocycles. The van der Waals surface area contributed by atoms with E-state index in [1.165, 1.54) is 17.5 Å². The normalized spacial score (nSPS) is 19.7. The molecular formula is C37H51IN6O4. The molecule has 2 atom stereocenters. The second kappa shape index (κ2) is 16.1. The van der Waals surface area contributed by atoms with Crippen molar-refractivity contribution in [3.05, 3.63) is 63.9 Å². The Kier molecular flexibility index (Phi) is 12.2. The zero-order valence-electron chi connectivity index (χ0n) is 29.4. The minimum atomic E-state index is -0.281. The predicted octanol–water partition coefficient (Wildman–Crippen LogP) is 5.33. The van der Waals surface area contributed by atoms with Crippen LogP contribution in [-0.2, 0) is 18.8 Å². The quantitative estimate of drug-likeness (QED) is 0.131. The van der Waals surface area contributed by atoms with Crippen LogP contribution in [0.3, 0.4) is 0 Å². The van der Waals surface area contributed by atoms with Gasteiger partial charge in [-0.2, -0.15) is 0 Å². The Morgan fingerprint density at radius 3 is 2.19 bits per heavy atom. The smallest absolute Gasteiger partial charge is 0.354 e. The largest absolute Gasteiger partial charge is 0.461 e. The van der Waals surface area contributed by atoms with E-state index >= 15 is 0 Å². The molecule has 3 aliphatic rings. The van der Waals surface area contributed by atoms with Crippen molar-refractivity contribution >= 4 is 46.1 Å². The number of allylic oxidation sites excluding steroid dienone is 1. The van der Waals surface area contributed by atoms with Gasteiger partial charge in [-0.15, -0.1) is 0 Å². The van der Waals surface area contributed by atoms with E-state index in [1.807, 2.05) is 44.4 Å². The van der Waals surface area contributed by atoms with Crippen LogP contribution < -0.4 is 4.90 Å². The molecule has 2 aromatic rings. The molecule has 1 aromatic carbocycles. The van der Waals surface area contributed by atoms with Crippen molar-refractivity contribution in [1.82, 2.24) is 24.7 Å². The number of benzene rings is 1. The van der Waals surface area contributed by atoms with Crippen molar-refractivity contribution in [3.8, 4) is 0 Å². The van der Waals surface area contributed by atoms with Gasteiger partial charge in [0.2, 0.25) is 5.91 Å². The maximum atomic E-state index is 14.2. The number of fused-ring (bicyclic) bond motifs is 1. The summed E-state index contributed by atoms with van der Waals surface area (Å²) in [5.74, 6) is 0.778. The van der Waals surface area contributed by atoms with Crippen LogP contribution in [0.25, 0.3) is 0 Å². The Morgan fingerprint density at radius 2 is 1.60 bits per heavy atom. The molecule has 5 rings (SSSR count). The van der Waals surface area contributed by atoms with Crippen LogP contribution in [-0.4, -0.2) is 101 Å². The molecule has 11 heteroatoms. The minimum absolute atomic E-state index is 0.0495. The van der Waals surface area contributed by atoms with Crippen LogP contribution in [0.5, 0.6) is 0 Å². The van der Waals surface area contributed by atoms with Crippen molar-refractivity contribution in [3.63, 3.8) is 0 Å². The van der Waals surface area contributed by atoms with Gasteiger partial charge >= 0.3 is 5.97 Å². The lowest BCUT2D eigenvalue weighted by atomic mass is 9.94. The fourth-order valence-electron chi connectivity index (χ4n) is 7.71. The Bertz CT molecular complexity index is 1500. The van der Waals surface area contributed by atoms with Crippen molar-refractivity contribution in [2.75, 3.05) is 63.9 Å². The van der Waals surface area contributed by atoms with Crippen molar-refractivity contribution in [2.45, 2.75) is 65.2 Å². The molecule has 0 aliphatic carbocycles. The molecule has 260 valence electrons. The second-order valence-corrected chi connectivity index (χ2v) is 14.6. The van der Waals surface area contributed by atoms with Gasteiger partial charge < -0.3 is 24.3 Å². The maximum Gasteiger partial charge on any atom is 0.354 e. The fraction of sp³-hybridized carbons (Fsp3) is 0.595. The average molecular weight is 771 g/mol. The van der Waals surface area contributed by atoms with E-state index in [-0.39, 0.29) is 23.7 Å². The number of ether oxygens (including phenoxy) is 1. The van der Waals surface area contributed by atoms with Gasteiger partial charge in [0.05, 0.1) is 23.6 Å². The number of carbonyl (C=O) groups excluding carboxylic acids is 3. The predicted molar refractivity (Wildman–Crippen MR) is 196 cm³/mol. The van der Waals surface area contributed by atoms with Crippen LogP contribution in [0, 0.1) is 38.5 Å². The number of hydrogen-bond acceptors (Lipinski definition) is 8. The number of aromatic nitrogens is 2. The lowest BCUT2D eigenvalue weighted by Gasteiger charge is -2.36. The number of aryl methyl sites for hydroxylation is 3. The van der Waals surface area contributed by atoms with E-state index in [0.29, 0.717) is 62.2 Å². The molecule has 10 nitrogen and oxygen atoms in total. The summed E-state index contributed by atoms with van der Waals surface area (Å²) in [6.45, 7) is 18.3. The SMILES string of the molecule is CCOC(=O)C(=C(C)C)N1CCC(C(=O)N(CCCN2CC3CN(C(=O)c4c(C)ncnc4C)CC3C2)c2ccc(C)c(CI)c2)CC1. The summed E-state index contributed by atoms with van der Waals surface area (Å²) in [5.41, 5.74) is 7.15. The van der Waals surface area contributed by atoms with E-state index in [4.69, 9.17) is 4.74 Å². The molecule has 0 spiro atoms. The zero-order chi connectivity index (χ0) is 34.5. The lowest BCUT2D eigenvalue weighted by Crippen LogP contribution is -2.44. The first kappa shape index (κ1) is 36.2. The number of nitrogens with zero attached hydrogens (tertiary/aromatic N) is 6. The Morgan fingerprint density at radius 1 is 0.958 bits per heavy atom. The first-order chi connectivity index (χ1) is 23.0. The number of piperidine rings is 1. The Labute approximate surface area is 299 Å². The van der Waals surface area contributed by atoms with Crippen molar-refractivity contribution < 1.29 is 19.1 Å². The number of hydrogen-bond donors (Lipinski definition) is 0.